The maximum Gasteiger partial charge on any atom is 0.0349 e. The van der Waals surface area contributed by atoms with Gasteiger partial charge in [-0.1, -0.05) is 56.9 Å². The zero-order chi connectivity index (χ0) is 13.3. The van der Waals surface area contributed by atoms with Gasteiger partial charge in [0.15, 0.2) is 0 Å². The molecule has 1 aromatic rings. The first-order valence-electron chi connectivity index (χ1n) is 8.04. The van der Waals surface area contributed by atoms with Crippen LogP contribution in [0, 0.1) is 5.41 Å². The highest BCUT2D eigenvalue weighted by Crippen LogP contribution is 2.44. The van der Waals surface area contributed by atoms with E-state index in [2.05, 4.69) is 31.2 Å². The lowest BCUT2D eigenvalue weighted by Gasteiger charge is -2.39. The number of hydrogen-bond acceptors (Lipinski definition) is 1. The molecule has 104 valence electrons. The molecule has 19 heavy (non-hydrogen) atoms. The predicted molar refractivity (Wildman–Crippen MR) is 81.2 cm³/mol. The summed E-state index contributed by atoms with van der Waals surface area (Å²) in [7, 11) is 0. The quantitative estimate of drug-likeness (QED) is 0.816. The molecule has 0 aliphatic heterocycles. The molecule has 0 spiro atoms. The zero-order valence-corrected chi connectivity index (χ0v) is 12.2. The summed E-state index contributed by atoms with van der Waals surface area (Å²) in [5.74, 6) is 0.829. The summed E-state index contributed by atoms with van der Waals surface area (Å²) in [4.78, 5) is 0. The van der Waals surface area contributed by atoms with Gasteiger partial charge in [-0.3, -0.25) is 0 Å². The largest absolute Gasteiger partial charge is 0.323 e. The lowest BCUT2D eigenvalue weighted by atomic mass is 9.69. The van der Waals surface area contributed by atoms with Crippen LogP contribution in [0.1, 0.15) is 81.4 Å². The molecule has 0 radical (unpaired) electrons. The summed E-state index contributed by atoms with van der Waals surface area (Å²) in [5.41, 5.74) is 9.76. The summed E-state index contributed by atoms with van der Waals surface area (Å²) in [6.07, 6.45) is 10.8. The molecular formula is C18H27N. The molecule has 0 saturated heterocycles. The van der Waals surface area contributed by atoms with Crippen molar-refractivity contribution in [3.63, 3.8) is 0 Å². The Bertz CT molecular complexity index is 410. The molecule has 1 unspecified atom stereocenters. The Kier molecular flexibility index (Phi) is 3.66. The van der Waals surface area contributed by atoms with Crippen molar-refractivity contribution in [3.8, 4) is 0 Å². The SMILES string of the molecule is CC1(C(N)c2ccc(C3CCC3)cc2)CCCCC1. The van der Waals surface area contributed by atoms with E-state index in [1.165, 1.54) is 62.5 Å². The molecule has 2 fully saturated rings. The van der Waals surface area contributed by atoms with E-state index in [-0.39, 0.29) is 6.04 Å². The molecule has 3 rings (SSSR count). The van der Waals surface area contributed by atoms with E-state index >= 15 is 0 Å². The molecule has 0 amide bonds. The van der Waals surface area contributed by atoms with Gasteiger partial charge in [0, 0.05) is 6.04 Å². The Hall–Kier alpha value is -0.820. The smallest absolute Gasteiger partial charge is 0.0349 e. The highest BCUT2D eigenvalue weighted by molar-refractivity contribution is 5.29. The fraction of sp³-hybridized carbons (Fsp3) is 0.667. The minimum atomic E-state index is 0.211. The number of nitrogens with two attached hydrogens (primary N) is 1. The maximum atomic E-state index is 6.58. The second kappa shape index (κ2) is 5.28. The first kappa shape index (κ1) is 13.2. The van der Waals surface area contributed by atoms with Crippen LogP contribution in [0.2, 0.25) is 0 Å². The molecule has 2 aliphatic carbocycles. The highest BCUT2D eigenvalue weighted by atomic mass is 14.7. The van der Waals surface area contributed by atoms with Crippen molar-refractivity contribution in [3.05, 3.63) is 35.4 Å². The summed E-state index contributed by atoms with van der Waals surface area (Å²) in [6, 6.07) is 9.44. The summed E-state index contributed by atoms with van der Waals surface area (Å²) in [6.45, 7) is 2.39. The molecule has 0 bridgehead atoms. The maximum absolute atomic E-state index is 6.58. The second-order valence-corrected chi connectivity index (χ2v) is 6.99. The molecule has 1 nitrogen and oxygen atoms in total. The fourth-order valence-electron chi connectivity index (χ4n) is 3.79. The third-order valence-electron chi connectivity index (χ3n) is 5.62. The van der Waals surface area contributed by atoms with Gasteiger partial charge in [0.2, 0.25) is 0 Å². The van der Waals surface area contributed by atoms with Crippen molar-refractivity contribution in [1.82, 2.24) is 0 Å². The Morgan fingerprint density at radius 3 is 2.16 bits per heavy atom. The molecule has 2 saturated carbocycles. The normalized spacial score (nSPS) is 24.7. The first-order chi connectivity index (χ1) is 9.19. The molecule has 2 aliphatic rings. The van der Waals surface area contributed by atoms with Gasteiger partial charge in [0.1, 0.15) is 0 Å². The van der Waals surface area contributed by atoms with Crippen molar-refractivity contribution in [1.29, 1.82) is 0 Å². The molecule has 1 heteroatoms. The number of rotatable bonds is 3. The van der Waals surface area contributed by atoms with E-state index in [0.29, 0.717) is 5.41 Å². The minimum absolute atomic E-state index is 0.211. The number of hydrogen-bond donors (Lipinski definition) is 1. The summed E-state index contributed by atoms with van der Waals surface area (Å²) in [5, 5.41) is 0. The van der Waals surface area contributed by atoms with Crippen LogP contribution < -0.4 is 5.73 Å². The van der Waals surface area contributed by atoms with Crippen molar-refractivity contribution in [2.75, 3.05) is 0 Å². The van der Waals surface area contributed by atoms with Crippen LogP contribution in [-0.4, -0.2) is 0 Å². The fourth-order valence-corrected chi connectivity index (χ4v) is 3.79. The van der Waals surface area contributed by atoms with Crippen LogP contribution >= 0.6 is 0 Å². The number of benzene rings is 1. The van der Waals surface area contributed by atoms with Crippen LogP contribution in [-0.2, 0) is 0 Å². The Labute approximate surface area is 117 Å². The molecular weight excluding hydrogens is 230 g/mol. The van der Waals surface area contributed by atoms with E-state index in [1.807, 2.05) is 0 Å². The van der Waals surface area contributed by atoms with Crippen LogP contribution in [0.5, 0.6) is 0 Å². The van der Waals surface area contributed by atoms with Crippen LogP contribution in [0.25, 0.3) is 0 Å². The monoisotopic (exact) mass is 257 g/mol. The lowest BCUT2D eigenvalue weighted by Crippen LogP contribution is -2.33. The van der Waals surface area contributed by atoms with Gasteiger partial charge in [0.25, 0.3) is 0 Å². The van der Waals surface area contributed by atoms with Crippen LogP contribution in [0.15, 0.2) is 24.3 Å². The van der Waals surface area contributed by atoms with Gasteiger partial charge in [0.05, 0.1) is 0 Å². The molecule has 1 aromatic carbocycles. The third-order valence-corrected chi connectivity index (χ3v) is 5.62. The van der Waals surface area contributed by atoms with Crippen molar-refractivity contribution >= 4 is 0 Å². The Balaban J connectivity index is 1.73. The van der Waals surface area contributed by atoms with E-state index in [9.17, 15) is 0 Å². The van der Waals surface area contributed by atoms with Crippen molar-refractivity contribution in [2.45, 2.75) is 70.3 Å². The summed E-state index contributed by atoms with van der Waals surface area (Å²) >= 11 is 0. The van der Waals surface area contributed by atoms with Crippen molar-refractivity contribution in [2.24, 2.45) is 11.1 Å². The minimum Gasteiger partial charge on any atom is -0.323 e. The average molecular weight is 257 g/mol. The Morgan fingerprint density at radius 1 is 1.00 bits per heavy atom. The van der Waals surface area contributed by atoms with Gasteiger partial charge < -0.3 is 5.73 Å². The molecule has 0 aromatic heterocycles. The molecule has 2 N–H and O–H groups in total. The van der Waals surface area contributed by atoms with Gasteiger partial charge in [-0.2, -0.15) is 0 Å². The van der Waals surface area contributed by atoms with E-state index in [0.717, 1.165) is 5.92 Å². The van der Waals surface area contributed by atoms with E-state index < -0.39 is 0 Å². The first-order valence-corrected chi connectivity index (χ1v) is 8.04. The zero-order valence-electron chi connectivity index (χ0n) is 12.2. The highest BCUT2D eigenvalue weighted by Gasteiger charge is 2.34. The van der Waals surface area contributed by atoms with E-state index in [4.69, 9.17) is 5.73 Å². The average Bonchev–Trinajstić information content (AvgIpc) is 2.38. The second-order valence-electron chi connectivity index (χ2n) is 6.99. The predicted octanol–water partition coefficient (Wildman–Crippen LogP) is 4.92. The molecule has 1 atom stereocenters. The van der Waals surface area contributed by atoms with Crippen LogP contribution in [0.4, 0.5) is 0 Å². The van der Waals surface area contributed by atoms with Gasteiger partial charge >= 0.3 is 0 Å². The van der Waals surface area contributed by atoms with Crippen molar-refractivity contribution < 1.29 is 0 Å². The molecule has 0 heterocycles. The van der Waals surface area contributed by atoms with Crippen LogP contribution in [0.3, 0.4) is 0 Å². The third kappa shape index (κ3) is 2.58. The van der Waals surface area contributed by atoms with Gasteiger partial charge in [-0.05, 0) is 48.1 Å². The topological polar surface area (TPSA) is 26.0 Å². The van der Waals surface area contributed by atoms with Gasteiger partial charge in [-0.25, -0.2) is 0 Å². The Morgan fingerprint density at radius 2 is 1.63 bits per heavy atom. The summed E-state index contributed by atoms with van der Waals surface area (Å²) < 4.78 is 0. The lowest BCUT2D eigenvalue weighted by molar-refractivity contribution is 0.170. The standard InChI is InChI=1S/C18H27N/c1-18(12-3-2-4-13-18)17(19)16-10-8-15(9-11-16)14-6-5-7-14/h8-11,14,17H,2-7,12-13,19H2,1H3. The van der Waals surface area contributed by atoms with E-state index in [1.54, 1.807) is 0 Å². The van der Waals surface area contributed by atoms with Gasteiger partial charge in [-0.15, -0.1) is 0 Å².